The zero-order valence-corrected chi connectivity index (χ0v) is 11.1. The predicted molar refractivity (Wildman–Crippen MR) is 74.3 cm³/mol. The minimum absolute atomic E-state index is 0.414. The number of ether oxygens (including phenoxy) is 1. The second-order valence-corrected chi connectivity index (χ2v) is 4.90. The average Bonchev–Trinajstić information content (AvgIpc) is 2.32. The summed E-state index contributed by atoms with van der Waals surface area (Å²) in [4.78, 5) is 0. The molecular weight excluding hydrogens is 234 g/mol. The summed E-state index contributed by atoms with van der Waals surface area (Å²) in [6.45, 7) is 4.78. The van der Waals surface area contributed by atoms with Crippen LogP contribution in [0.25, 0.3) is 0 Å². The van der Waals surface area contributed by atoms with Crippen LogP contribution in [-0.4, -0.2) is 17.5 Å². The largest absolute Gasteiger partial charge is 0.493 e. The molecule has 1 aromatic rings. The van der Waals surface area contributed by atoms with E-state index < -0.39 is 0 Å². The second-order valence-electron chi connectivity index (χ2n) is 3.79. The van der Waals surface area contributed by atoms with Gasteiger partial charge in [-0.15, -0.1) is 0 Å². The first-order valence-electron chi connectivity index (χ1n) is 5.49. The van der Waals surface area contributed by atoms with Crippen molar-refractivity contribution in [1.82, 2.24) is 0 Å². The van der Waals surface area contributed by atoms with Gasteiger partial charge in [-0.1, -0.05) is 23.9 Å². The molecular formula is C12H19N3OS. The van der Waals surface area contributed by atoms with E-state index in [9.17, 15) is 0 Å². The SMILES string of the molecule is Cc1ccc(C)c(OCCCSC(N)=NN)c1. The van der Waals surface area contributed by atoms with Crippen molar-refractivity contribution in [2.45, 2.75) is 20.3 Å². The maximum Gasteiger partial charge on any atom is 0.177 e. The molecule has 0 aliphatic heterocycles. The molecule has 0 aliphatic rings. The molecule has 94 valence electrons. The second kappa shape index (κ2) is 7.06. The molecule has 1 rings (SSSR count). The Hall–Kier alpha value is -1.36. The molecule has 0 bridgehead atoms. The Morgan fingerprint density at radius 1 is 1.41 bits per heavy atom. The van der Waals surface area contributed by atoms with Crippen molar-refractivity contribution in [2.75, 3.05) is 12.4 Å². The first-order chi connectivity index (χ1) is 8.13. The highest BCUT2D eigenvalue weighted by Gasteiger charge is 2.00. The molecule has 4 N–H and O–H groups in total. The Morgan fingerprint density at radius 3 is 2.88 bits per heavy atom. The summed E-state index contributed by atoms with van der Waals surface area (Å²) in [6, 6.07) is 6.20. The standard InChI is InChI=1S/C12H19N3OS/c1-9-4-5-10(2)11(8-9)16-6-3-7-17-12(13)15-14/h4-5,8H,3,6-7,14H2,1-2H3,(H2,13,15). The van der Waals surface area contributed by atoms with Crippen LogP contribution in [0.4, 0.5) is 0 Å². The van der Waals surface area contributed by atoms with Crippen LogP contribution in [-0.2, 0) is 0 Å². The molecule has 0 atom stereocenters. The number of hydrogen-bond acceptors (Lipinski definition) is 4. The van der Waals surface area contributed by atoms with Gasteiger partial charge < -0.3 is 16.3 Å². The van der Waals surface area contributed by atoms with Gasteiger partial charge in [0.2, 0.25) is 0 Å². The Balaban J connectivity index is 2.29. The molecule has 5 heteroatoms. The normalized spacial score (nSPS) is 11.5. The number of amidine groups is 1. The van der Waals surface area contributed by atoms with Crippen molar-refractivity contribution in [3.8, 4) is 5.75 Å². The Labute approximate surface area is 106 Å². The van der Waals surface area contributed by atoms with E-state index >= 15 is 0 Å². The zero-order chi connectivity index (χ0) is 12.7. The van der Waals surface area contributed by atoms with Crippen LogP contribution in [0.15, 0.2) is 23.3 Å². The van der Waals surface area contributed by atoms with Gasteiger partial charge in [-0.05, 0) is 37.5 Å². The number of benzene rings is 1. The average molecular weight is 253 g/mol. The highest BCUT2D eigenvalue weighted by molar-refractivity contribution is 8.13. The molecule has 0 unspecified atom stereocenters. The Bertz CT molecular complexity index is 393. The van der Waals surface area contributed by atoms with E-state index in [-0.39, 0.29) is 0 Å². The molecule has 0 radical (unpaired) electrons. The highest BCUT2D eigenvalue weighted by atomic mass is 32.2. The molecule has 1 aromatic carbocycles. The number of rotatable bonds is 5. The monoisotopic (exact) mass is 253 g/mol. The first kappa shape index (κ1) is 13.7. The molecule has 0 spiro atoms. The third kappa shape index (κ3) is 4.99. The minimum Gasteiger partial charge on any atom is -0.493 e. The van der Waals surface area contributed by atoms with Gasteiger partial charge >= 0.3 is 0 Å². The van der Waals surface area contributed by atoms with Gasteiger partial charge in [0.1, 0.15) is 5.75 Å². The van der Waals surface area contributed by atoms with E-state index in [0.717, 1.165) is 23.5 Å². The Morgan fingerprint density at radius 2 is 2.18 bits per heavy atom. The van der Waals surface area contributed by atoms with Gasteiger partial charge in [-0.3, -0.25) is 0 Å². The molecule has 0 aromatic heterocycles. The topological polar surface area (TPSA) is 73.6 Å². The summed E-state index contributed by atoms with van der Waals surface area (Å²) in [6.07, 6.45) is 0.911. The fraction of sp³-hybridized carbons (Fsp3) is 0.417. The number of nitrogens with two attached hydrogens (primary N) is 2. The third-order valence-electron chi connectivity index (χ3n) is 2.27. The van der Waals surface area contributed by atoms with Crippen molar-refractivity contribution in [1.29, 1.82) is 0 Å². The molecule has 0 fully saturated rings. The number of thioether (sulfide) groups is 1. The van der Waals surface area contributed by atoms with Crippen molar-refractivity contribution < 1.29 is 4.74 Å². The van der Waals surface area contributed by atoms with Crippen LogP contribution in [0, 0.1) is 13.8 Å². The van der Waals surface area contributed by atoms with Crippen LogP contribution in [0.3, 0.4) is 0 Å². The maximum absolute atomic E-state index is 5.71. The molecule has 4 nitrogen and oxygen atoms in total. The fourth-order valence-corrected chi connectivity index (χ4v) is 1.86. The highest BCUT2D eigenvalue weighted by Crippen LogP contribution is 2.19. The summed E-state index contributed by atoms with van der Waals surface area (Å²) < 4.78 is 5.71. The van der Waals surface area contributed by atoms with Crippen LogP contribution in [0.2, 0.25) is 0 Å². The van der Waals surface area contributed by atoms with Gasteiger partial charge in [-0.2, -0.15) is 5.10 Å². The van der Waals surface area contributed by atoms with Crippen LogP contribution >= 0.6 is 11.8 Å². The molecule has 0 amide bonds. The Kier molecular flexibility index (Phi) is 5.69. The first-order valence-corrected chi connectivity index (χ1v) is 6.48. The van der Waals surface area contributed by atoms with Crippen molar-refractivity contribution in [3.63, 3.8) is 0 Å². The number of nitrogens with zero attached hydrogens (tertiary/aromatic N) is 1. The lowest BCUT2D eigenvalue weighted by Crippen LogP contribution is -2.10. The molecule has 17 heavy (non-hydrogen) atoms. The lowest BCUT2D eigenvalue weighted by Gasteiger charge is -2.09. The van der Waals surface area contributed by atoms with E-state index in [1.165, 1.54) is 17.3 Å². The molecule has 0 saturated heterocycles. The third-order valence-corrected chi connectivity index (χ3v) is 3.16. The number of aryl methyl sites for hydroxylation is 2. The van der Waals surface area contributed by atoms with E-state index in [1.54, 1.807) is 0 Å². The predicted octanol–water partition coefficient (Wildman–Crippen LogP) is 1.99. The van der Waals surface area contributed by atoms with E-state index in [1.807, 2.05) is 6.92 Å². The fourth-order valence-electron chi connectivity index (χ4n) is 1.32. The van der Waals surface area contributed by atoms with Gasteiger partial charge in [0, 0.05) is 5.75 Å². The number of hydrazone groups is 1. The zero-order valence-electron chi connectivity index (χ0n) is 10.3. The summed E-state index contributed by atoms with van der Waals surface area (Å²) in [5, 5.41) is 3.80. The molecule has 0 heterocycles. The van der Waals surface area contributed by atoms with Crippen LogP contribution < -0.4 is 16.3 Å². The van der Waals surface area contributed by atoms with Crippen molar-refractivity contribution >= 4 is 16.9 Å². The van der Waals surface area contributed by atoms with Crippen LogP contribution in [0.5, 0.6) is 5.75 Å². The van der Waals surface area contributed by atoms with E-state index in [4.69, 9.17) is 16.3 Å². The van der Waals surface area contributed by atoms with Gasteiger partial charge in [-0.25, -0.2) is 0 Å². The van der Waals surface area contributed by atoms with E-state index in [2.05, 4.69) is 30.2 Å². The van der Waals surface area contributed by atoms with Gasteiger partial charge in [0.25, 0.3) is 0 Å². The smallest absolute Gasteiger partial charge is 0.177 e. The summed E-state index contributed by atoms with van der Waals surface area (Å²) in [7, 11) is 0. The van der Waals surface area contributed by atoms with Crippen LogP contribution in [0.1, 0.15) is 17.5 Å². The van der Waals surface area contributed by atoms with Gasteiger partial charge in [0.15, 0.2) is 5.17 Å². The number of hydrogen-bond donors (Lipinski definition) is 2. The van der Waals surface area contributed by atoms with E-state index in [0.29, 0.717) is 11.8 Å². The summed E-state index contributed by atoms with van der Waals surface area (Å²) in [5.41, 5.74) is 7.82. The summed E-state index contributed by atoms with van der Waals surface area (Å²) >= 11 is 1.44. The minimum atomic E-state index is 0.414. The molecule has 0 aliphatic carbocycles. The lowest BCUT2D eigenvalue weighted by molar-refractivity contribution is 0.316. The summed E-state index contributed by atoms with van der Waals surface area (Å²) in [5.74, 6) is 6.84. The van der Waals surface area contributed by atoms with Crippen molar-refractivity contribution in [2.24, 2.45) is 16.7 Å². The van der Waals surface area contributed by atoms with Crippen molar-refractivity contribution in [3.05, 3.63) is 29.3 Å². The van der Waals surface area contributed by atoms with Gasteiger partial charge in [0.05, 0.1) is 6.61 Å². The quantitative estimate of drug-likeness (QED) is 0.277. The lowest BCUT2D eigenvalue weighted by atomic mass is 10.1. The molecule has 0 saturated carbocycles. The maximum atomic E-state index is 5.71.